The number of amides is 1. The molecule has 0 atom stereocenters. The van der Waals surface area contributed by atoms with E-state index in [1.807, 2.05) is 13.0 Å². The summed E-state index contributed by atoms with van der Waals surface area (Å²) in [5.41, 5.74) is 1.84. The van der Waals surface area contributed by atoms with Gasteiger partial charge in [0.25, 0.3) is 0 Å². The minimum Gasteiger partial charge on any atom is -0.484 e. The average molecular weight is 551 g/mol. The van der Waals surface area contributed by atoms with E-state index < -0.39 is 12.8 Å². The molecule has 7 nitrogen and oxygen atoms in total. The summed E-state index contributed by atoms with van der Waals surface area (Å²) in [6, 6.07) is 9.87. The van der Waals surface area contributed by atoms with E-state index in [1.165, 1.54) is 12.1 Å². The molecule has 1 heterocycles. The lowest BCUT2D eigenvalue weighted by Gasteiger charge is -2.13. The summed E-state index contributed by atoms with van der Waals surface area (Å²) >= 11 is 0. The number of aliphatic imine (C=N–C) groups is 1. The topological polar surface area (TPSA) is 87.6 Å². The Bertz CT molecular complexity index is 843. The van der Waals surface area contributed by atoms with Crippen molar-refractivity contribution < 1.29 is 22.7 Å². The van der Waals surface area contributed by atoms with Crippen LogP contribution in [0.1, 0.15) is 17.5 Å². The van der Waals surface area contributed by atoms with Gasteiger partial charge in [-0.25, -0.2) is 4.98 Å². The molecular formula is C20H25F3IN5O2. The number of halogens is 4. The number of nitrogens with one attached hydrogen (secondary N) is 3. The van der Waals surface area contributed by atoms with E-state index in [0.717, 1.165) is 11.1 Å². The van der Waals surface area contributed by atoms with Crippen molar-refractivity contribution in [1.29, 1.82) is 0 Å². The molecule has 3 N–H and O–H groups in total. The average Bonchev–Trinajstić information content (AvgIpc) is 2.71. The van der Waals surface area contributed by atoms with Crippen molar-refractivity contribution in [2.75, 3.05) is 25.5 Å². The first-order valence-corrected chi connectivity index (χ1v) is 9.20. The Balaban J connectivity index is 0.00000480. The Hall–Kier alpha value is -2.57. The summed E-state index contributed by atoms with van der Waals surface area (Å²) in [6.45, 7) is 1.35. The third kappa shape index (κ3) is 10.9. The highest BCUT2D eigenvalue weighted by Crippen LogP contribution is 2.18. The number of alkyl halides is 3. The van der Waals surface area contributed by atoms with Crippen LogP contribution in [0.15, 0.2) is 47.6 Å². The van der Waals surface area contributed by atoms with E-state index in [-0.39, 0.29) is 42.1 Å². The molecule has 0 aliphatic heterocycles. The van der Waals surface area contributed by atoms with Crippen LogP contribution in [-0.4, -0.2) is 43.2 Å². The Kier molecular flexibility index (Phi) is 11.1. The monoisotopic (exact) mass is 551 g/mol. The van der Waals surface area contributed by atoms with E-state index in [9.17, 15) is 18.0 Å². The maximum atomic E-state index is 12.2. The number of guanidine groups is 1. The molecular weight excluding hydrogens is 526 g/mol. The van der Waals surface area contributed by atoms with Gasteiger partial charge in [-0.3, -0.25) is 9.79 Å². The van der Waals surface area contributed by atoms with E-state index in [4.69, 9.17) is 0 Å². The predicted molar refractivity (Wildman–Crippen MR) is 124 cm³/mol. The van der Waals surface area contributed by atoms with Crippen molar-refractivity contribution in [3.05, 3.63) is 53.7 Å². The Morgan fingerprint density at radius 3 is 2.42 bits per heavy atom. The van der Waals surface area contributed by atoms with Crippen molar-refractivity contribution in [3.8, 4) is 5.75 Å². The van der Waals surface area contributed by atoms with Gasteiger partial charge in [-0.2, -0.15) is 13.2 Å². The molecule has 2 aromatic rings. The van der Waals surface area contributed by atoms with Gasteiger partial charge < -0.3 is 20.7 Å². The largest absolute Gasteiger partial charge is 0.484 e. The Morgan fingerprint density at radius 2 is 1.84 bits per heavy atom. The summed E-state index contributed by atoms with van der Waals surface area (Å²) < 4.78 is 41.2. The van der Waals surface area contributed by atoms with Crippen LogP contribution in [0.2, 0.25) is 0 Å². The molecule has 11 heteroatoms. The van der Waals surface area contributed by atoms with Crippen LogP contribution in [0, 0.1) is 6.92 Å². The molecule has 0 bridgehead atoms. The predicted octanol–water partition coefficient (Wildman–Crippen LogP) is 3.64. The van der Waals surface area contributed by atoms with Gasteiger partial charge in [-0.15, -0.1) is 24.0 Å². The quantitative estimate of drug-likeness (QED) is 0.265. The summed E-state index contributed by atoms with van der Waals surface area (Å²) in [4.78, 5) is 20.1. The van der Waals surface area contributed by atoms with Gasteiger partial charge in [-0.05, 0) is 36.2 Å². The molecule has 1 aromatic heterocycles. The van der Waals surface area contributed by atoms with Crippen LogP contribution in [-0.2, 0) is 11.3 Å². The van der Waals surface area contributed by atoms with Gasteiger partial charge in [0.15, 0.2) is 12.6 Å². The van der Waals surface area contributed by atoms with Gasteiger partial charge in [-0.1, -0.05) is 18.2 Å². The van der Waals surface area contributed by atoms with Gasteiger partial charge in [0, 0.05) is 32.8 Å². The molecule has 0 aliphatic rings. The maximum Gasteiger partial charge on any atom is 0.422 e. The number of anilines is 1. The first-order chi connectivity index (χ1) is 14.2. The van der Waals surface area contributed by atoms with Crippen molar-refractivity contribution in [1.82, 2.24) is 15.6 Å². The van der Waals surface area contributed by atoms with Gasteiger partial charge in [0.2, 0.25) is 5.91 Å². The summed E-state index contributed by atoms with van der Waals surface area (Å²) in [7, 11) is 1.60. The van der Waals surface area contributed by atoms with Crippen molar-refractivity contribution >= 4 is 41.7 Å². The van der Waals surface area contributed by atoms with Crippen LogP contribution in [0.25, 0.3) is 0 Å². The van der Waals surface area contributed by atoms with Crippen molar-refractivity contribution in [2.45, 2.75) is 26.1 Å². The standard InChI is InChI=1S/C20H24F3N5O2.HI/c1-14-3-8-17(26-11-14)28-18(29)9-10-25-19(24-2)27-12-15-4-6-16(7-5-15)30-13-20(21,22)23;/h3-8,11H,9-10,12-13H2,1-2H3,(H2,24,25,27)(H,26,28,29);1H. The fourth-order valence-corrected chi connectivity index (χ4v) is 2.32. The number of carbonyl (C=O) groups excluding carboxylic acids is 1. The highest BCUT2D eigenvalue weighted by Gasteiger charge is 2.28. The van der Waals surface area contributed by atoms with Crippen LogP contribution in [0.5, 0.6) is 5.75 Å². The number of nitrogens with zero attached hydrogens (tertiary/aromatic N) is 2. The number of benzene rings is 1. The number of hydrogen-bond acceptors (Lipinski definition) is 4. The third-order valence-electron chi connectivity index (χ3n) is 3.83. The minimum atomic E-state index is -4.37. The number of carbonyl (C=O) groups is 1. The lowest BCUT2D eigenvalue weighted by atomic mass is 10.2. The highest BCUT2D eigenvalue weighted by molar-refractivity contribution is 14.0. The fourth-order valence-electron chi connectivity index (χ4n) is 2.32. The molecule has 2 rings (SSSR count). The van der Waals surface area contributed by atoms with Crippen molar-refractivity contribution in [2.24, 2.45) is 4.99 Å². The summed E-state index contributed by atoms with van der Waals surface area (Å²) in [6.07, 6.45) is -2.47. The third-order valence-corrected chi connectivity index (χ3v) is 3.83. The molecule has 0 radical (unpaired) electrons. The number of aromatic nitrogens is 1. The number of ether oxygens (including phenoxy) is 1. The Labute approximate surface area is 195 Å². The zero-order chi connectivity index (χ0) is 22.0. The van der Waals surface area contributed by atoms with E-state index in [1.54, 1.807) is 31.4 Å². The smallest absolute Gasteiger partial charge is 0.422 e. The second-order valence-electron chi connectivity index (χ2n) is 6.42. The summed E-state index contributed by atoms with van der Waals surface area (Å²) in [5.74, 6) is 0.959. The van der Waals surface area contributed by atoms with E-state index >= 15 is 0 Å². The molecule has 0 unspecified atom stereocenters. The van der Waals surface area contributed by atoms with Gasteiger partial charge >= 0.3 is 6.18 Å². The van der Waals surface area contributed by atoms with Gasteiger partial charge in [0.1, 0.15) is 11.6 Å². The molecule has 1 amide bonds. The molecule has 1 aromatic carbocycles. The maximum absolute atomic E-state index is 12.2. The first kappa shape index (κ1) is 26.5. The summed E-state index contributed by atoms with van der Waals surface area (Å²) in [5, 5.41) is 8.80. The molecule has 0 aliphatic carbocycles. The second kappa shape index (κ2) is 13.0. The Morgan fingerprint density at radius 1 is 1.13 bits per heavy atom. The van der Waals surface area contributed by atoms with Crippen LogP contribution in [0.3, 0.4) is 0 Å². The van der Waals surface area contributed by atoms with E-state index in [0.29, 0.717) is 24.9 Å². The minimum absolute atomic E-state index is 0. The highest BCUT2D eigenvalue weighted by atomic mass is 127. The zero-order valence-corrected chi connectivity index (χ0v) is 19.5. The SMILES string of the molecule is CN=C(NCCC(=O)Nc1ccc(C)cn1)NCc1ccc(OCC(F)(F)F)cc1.I. The normalized spacial score (nSPS) is 11.3. The fraction of sp³-hybridized carbons (Fsp3) is 0.350. The number of pyridine rings is 1. The molecule has 31 heavy (non-hydrogen) atoms. The van der Waals surface area contributed by atoms with Crippen LogP contribution < -0.4 is 20.7 Å². The molecule has 0 fully saturated rings. The lowest BCUT2D eigenvalue weighted by Crippen LogP contribution is -2.38. The van der Waals surface area contributed by atoms with E-state index in [2.05, 4.69) is 30.7 Å². The zero-order valence-electron chi connectivity index (χ0n) is 17.1. The second-order valence-corrected chi connectivity index (χ2v) is 6.42. The van der Waals surface area contributed by atoms with Crippen LogP contribution >= 0.6 is 24.0 Å². The lowest BCUT2D eigenvalue weighted by molar-refractivity contribution is -0.153. The van der Waals surface area contributed by atoms with Crippen molar-refractivity contribution in [3.63, 3.8) is 0 Å². The first-order valence-electron chi connectivity index (χ1n) is 9.20. The van der Waals surface area contributed by atoms with Crippen LogP contribution in [0.4, 0.5) is 19.0 Å². The molecule has 0 saturated heterocycles. The van der Waals surface area contributed by atoms with Gasteiger partial charge in [0.05, 0.1) is 0 Å². The molecule has 0 saturated carbocycles. The molecule has 170 valence electrons. The number of aryl methyl sites for hydroxylation is 1. The molecule has 0 spiro atoms. The number of rotatable bonds is 8. The number of hydrogen-bond donors (Lipinski definition) is 3.